The minimum atomic E-state index is -2.60. The van der Waals surface area contributed by atoms with Gasteiger partial charge in [0.05, 0.1) is 0 Å². The van der Waals surface area contributed by atoms with Gasteiger partial charge in [-0.15, -0.1) is 0 Å². The van der Waals surface area contributed by atoms with Crippen LogP contribution in [0.2, 0.25) is 0 Å². The van der Waals surface area contributed by atoms with Crippen LogP contribution in [0.5, 0.6) is 0 Å². The fourth-order valence-corrected chi connectivity index (χ4v) is 1.19. The third-order valence-electron chi connectivity index (χ3n) is 1.78. The largest absolute Gasteiger partial charge is 0.345 e. The van der Waals surface area contributed by atoms with Crippen LogP contribution in [0.1, 0.15) is 19.3 Å². The Balaban J connectivity index is 2.39. The van der Waals surface area contributed by atoms with Gasteiger partial charge in [-0.25, -0.2) is 4.90 Å². The van der Waals surface area contributed by atoms with Crippen LogP contribution in [0.4, 0.5) is 0 Å². The summed E-state index contributed by atoms with van der Waals surface area (Å²) in [5, 5.41) is 26.0. The molecule has 0 spiro atoms. The lowest BCUT2D eigenvalue weighted by atomic mass is 10.1. The summed E-state index contributed by atoms with van der Waals surface area (Å²) in [6.07, 6.45) is 0.347. The van der Waals surface area contributed by atoms with E-state index in [-0.39, 0.29) is 0 Å². The SMILES string of the molecule is OC(O)(O)N1CCCCC1. The summed E-state index contributed by atoms with van der Waals surface area (Å²) in [6.45, 7) is 1.12. The van der Waals surface area contributed by atoms with E-state index in [1.54, 1.807) is 0 Å². The van der Waals surface area contributed by atoms with Gasteiger partial charge in [0.25, 0.3) is 0 Å². The number of rotatable bonds is 1. The van der Waals surface area contributed by atoms with Gasteiger partial charge >= 0.3 is 6.10 Å². The zero-order chi connectivity index (χ0) is 7.61. The van der Waals surface area contributed by atoms with Crippen molar-refractivity contribution in [3.8, 4) is 0 Å². The van der Waals surface area contributed by atoms with Crippen LogP contribution >= 0.6 is 0 Å². The summed E-state index contributed by atoms with van der Waals surface area (Å²) in [5.74, 6) is 0. The van der Waals surface area contributed by atoms with E-state index in [1.165, 1.54) is 4.90 Å². The first-order valence-corrected chi connectivity index (χ1v) is 3.53. The lowest BCUT2D eigenvalue weighted by Crippen LogP contribution is -2.50. The number of hydrogen-bond donors (Lipinski definition) is 3. The number of hydrogen-bond acceptors (Lipinski definition) is 4. The Bertz CT molecular complexity index is 104. The molecule has 10 heavy (non-hydrogen) atoms. The Morgan fingerprint density at radius 2 is 1.40 bits per heavy atom. The van der Waals surface area contributed by atoms with Gasteiger partial charge < -0.3 is 15.3 Å². The maximum atomic E-state index is 8.68. The molecular formula is C6H13NO3. The molecule has 0 bridgehead atoms. The maximum absolute atomic E-state index is 8.68. The topological polar surface area (TPSA) is 63.9 Å². The minimum absolute atomic E-state index is 0.559. The van der Waals surface area contributed by atoms with E-state index in [0.717, 1.165) is 19.3 Å². The molecule has 0 aromatic rings. The molecule has 0 atom stereocenters. The number of piperidine rings is 1. The third-order valence-corrected chi connectivity index (χ3v) is 1.78. The van der Waals surface area contributed by atoms with Crippen molar-refractivity contribution in [2.24, 2.45) is 0 Å². The average Bonchev–Trinajstić information content (AvgIpc) is 1.88. The molecule has 1 saturated heterocycles. The van der Waals surface area contributed by atoms with Gasteiger partial charge in [-0.05, 0) is 12.8 Å². The van der Waals surface area contributed by atoms with Crippen LogP contribution in [0.3, 0.4) is 0 Å². The molecule has 0 amide bonds. The number of nitrogens with zero attached hydrogens (tertiary/aromatic N) is 1. The number of likely N-dealkylation sites (tertiary alicyclic amines) is 1. The Hall–Kier alpha value is -0.160. The average molecular weight is 147 g/mol. The van der Waals surface area contributed by atoms with E-state index in [1.807, 2.05) is 0 Å². The lowest BCUT2D eigenvalue weighted by Gasteiger charge is -2.32. The quantitative estimate of drug-likeness (QED) is 0.419. The predicted molar refractivity (Wildman–Crippen MR) is 34.8 cm³/mol. The second kappa shape index (κ2) is 2.84. The van der Waals surface area contributed by atoms with E-state index < -0.39 is 6.10 Å². The predicted octanol–water partition coefficient (Wildman–Crippen LogP) is -0.940. The molecule has 0 unspecified atom stereocenters. The minimum Gasteiger partial charge on any atom is -0.330 e. The Morgan fingerprint density at radius 3 is 1.70 bits per heavy atom. The van der Waals surface area contributed by atoms with E-state index in [2.05, 4.69) is 0 Å². The molecule has 1 heterocycles. The highest BCUT2D eigenvalue weighted by molar-refractivity contribution is 4.64. The highest BCUT2D eigenvalue weighted by atomic mass is 16.7. The van der Waals surface area contributed by atoms with Crippen LogP contribution in [-0.2, 0) is 0 Å². The van der Waals surface area contributed by atoms with Gasteiger partial charge in [-0.3, -0.25) is 0 Å². The van der Waals surface area contributed by atoms with Crippen LogP contribution in [0.25, 0.3) is 0 Å². The molecule has 1 aliphatic rings. The second-order valence-corrected chi connectivity index (χ2v) is 2.65. The van der Waals surface area contributed by atoms with Crippen LogP contribution < -0.4 is 0 Å². The van der Waals surface area contributed by atoms with Gasteiger partial charge in [0.1, 0.15) is 0 Å². The second-order valence-electron chi connectivity index (χ2n) is 2.65. The van der Waals surface area contributed by atoms with Crippen molar-refractivity contribution in [2.75, 3.05) is 13.1 Å². The molecular weight excluding hydrogens is 134 g/mol. The van der Waals surface area contributed by atoms with Crippen LogP contribution in [0, 0.1) is 0 Å². The highest BCUT2D eigenvalue weighted by Gasteiger charge is 2.29. The fraction of sp³-hybridized carbons (Fsp3) is 1.00. The van der Waals surface area contributed by atoms with Crippen molar-refractivity contribution in [3.05, 3.63) is 0 Å². The molecule has 1 fully saturated rings. The molecule has 3 N–H and O–H groups in total. The van der Waals surface area contributed by atoms with Gasteiger partial charge in [0.2, 0.25) is 0 Å². The molecule has 1 aliphatic heterocycles. The molecule has 0 aliphatic carbocycles. The zero-order valence-electron chi connectivity index (χ0n) is 5.82. The number of aliphatic hydroxyl groups is 3. The summed E-state index contributed by atoms with van der Waals surface area (Å²) >= 11 is 0. The summed E-state index contributed by atoms with van der Waals surface area (Å²) in [7, 11) is 0. The third kappa shape index (κ3) is 1.91. The van der Waals surface area contributed by atoms with Crippen molar-refractivity contribution in [2.45, 2.75) is 25.4 Å². The van der Waals surface area contributed by atoms with Crippen molar-refractivity contribution in [1.29, 1.82) is 0 Å². The van der Waals surface area contributed by atoms with Crippen LogP contribution in [0.15, 0.2) is 0 Å². The van der Waals surface area contributed by atoms with Crippen molar-refractivity contribution in [1.82, 2.24) is 4.90 Å². The van der Waals surface area contributed by atoms with E-state index in [4.69, 9.17) is 15.3 Å². The standard InChI is InChI=1S/C6H13NO3/c8-6(9,10)7-4-2-1-3-5-7/h8-10H,1-5H2. The lowest BCUT2D eigenvalue weighted by molar-refractivity contribution is -0.395. The van der Waals surface area contributed by atoms with Gasteiger partial charge in [-0.1, -0.05) is 6.42 Å². The maximum Gasteiger partial charge on any atom is 0.345 e. The molecule has 60 valence electrons. The van der Waals surface area contributed by atoms with Crippen molar-refractivity contribution in [3.63, 3.8) is 0 Å². The summed E-state index contributed by atoms with van der Waals surface area (Å²) in [4.78, 5) is 1.25. The zero-order valence-corrected chi connectivity index (χ0v) is 5.82. The first-order chi connectivity index (χ1) is 4.61. The molecule has 0 aromatic carbocycles. The molecule has 0 saturated carbocycles. The monoisotopic (exact) mass is 147 g/mol. The van der Waals surface area contributed by atoms with Gasteiger partial charge in [-0.2, -0.15) is 0 Å². The Kier molecular flexibility index (Phi) is 2.25. The Labute approximate surface area is 59.7 Å². The molecule has 0 radical (unpaired) electrons. The van der Waals surface area contributed by atoms with Gasteiger partial charge in [0, 0.05) is 13.1 Å². The smallest absolute Gasteiger partial charge is 0.330 e. The molecule has 0 aromatic heterocycles. The molecule has 1 rings (SSSR count). The summed E-state index contributed by atoms with van der Waals surface area (Å²) in [5.41, 5.74) is 0. The van der Waals surface area contributed by atoms with Crippen LogP contribution in [-0.4, -0.2) is 39.4 Å². The summed E-state index contributed by atoms with van der Waals surface area (Å²) < 4.78 is 0. The van der Waals surface area contributed by atoms with E-state index in [0.29, 0.717) is 13.1 Å². The van der Waals surface area contributed by atoms with E-state index >= 15 is 0 Å². The first-order valence-electron chi connectivity index (χ1n) is 3.53. The first kappa shape index (κ1) is 7.94. The summed E-state index contributed by atoms with van der Waals surface area (Å²) in [6, 6.07) is 0. The highest BCUT2D eigenvalue weighted by Crippen LogP contribution is 2.13. The fourth-order valence-electron chi connectivity index (χ4n) is 1.19. The van der Waals surface area contributed by atoms with Crippen molar-refractivity contribution >= 4 is 0 Å². The van der Waals surface area contributed by atoms with E-state index in [9.17, 15) is 0 Å². The van der Waals surface area contributed by atoms with Crippen molar-refractivity contribution < 1.29 is 15.3 Å². The molecule has 4 heteroatoms. The molecule has 4 nitrogen and oxygen atoms in total. The normalized spacial score (nSPS) is 23.1. The Morgan fingerprint density at radius 1 is 0.900 bits per heavy atom. The van der Waals surface area contributed by atoms with Gasteiger partial charge in [0.15, 0.2) is 0 Å².